The van der Waals surface area contributed by atoms with Gasteiger partial charge in [0.05, 0.1) is 6.10 Å². The SMILES string of the molecule is CCCNCC(OCCCOC)c1ccccc1F. The summed E-state index contributed by atoms with van der Waals surface area (Å²) in [7, 11) is 1.66. The Morgan fingerprint density at radius 1 is 1.26 bits per heavy atom. The molecule has 0 spiro atoms. The summed E-state index contributed by atoms with van der Waals surface area (Å²) in [6.07, 6.45) is 1.62. The lowest BCUT2D eigenvalue weighted by atomic mass is 10.1. The molecule has 1 aromatic rings. The summed E-state index contributed by atoms with van der Waals surface area (Å²) in [5.41, 5.74) is 0.614. The molecule has 0 aliphatic carbocycles. The standard InChI is InChI=1S/C15H24FNO2/c1-3-9-17-12-15(19-11-6-10-18-2)13-7-4-5-8-14(13)16/h4-5,7-8,15,17H,3,6,9-12H2,1-2H3. The Morgan fingerprint density at radius 2 is 2.05 bits per heavy atom. The van der Waals surface area contributed by atoms with Gasteiger partial charge in [-0.2, -0.15) is 0 Å². The van der Waals surface area contributed by atoms with E-state index in [0.717, 1.165) is 19.4 Å². The molecule has 1 aromatic carbocycles. The molecule has 0 fully saturated rings. The predicted molar refractivity (Wildman–Crippen MR) is 74.7 cm³/mol. The Labute approximate surface area is 115 Å². The Bertz CT molecular complexity index is 347. The zero-order valence-electron chi connectivity index (χ0n) is 11.8. The quantitative estimate of drug-likeness (QED) is 0.662. The number of nitrogens with one attached hydrogen (secondary N) is 1. The second-order valence-corrected chi connectivity index (χ2v) is 4.43. The van der Waals surface area contributed by atoms with Crippen molar-refractivity contribution in [3.63, 3.8) is 0 Å². The molecule has 0 bridgehead atoms. The zero-order valence-corrected chi connectivity index (χ0v) is 11.8. The summed E-state index contributed by atoms with van der Waals surface area (Å²) in [6.45, 7) is 4.87. The van der Waals surface area contributed by atoms with Crippen LogP contribution in [0.5, 0.6) is 0 Å². The number of hydrogen-bond acceptors (Lipinski definition) is 3. The van der Waals surface area contributed by atoms with Gasteiger partial charge in [-0.05, 0) is 25.5 Å². The van der Waals surface area contributed by atoms with E-state index in [9.17, 15) is 4.39 Å². The van der Waals surface area contributed by atoms with Crippen LogP contribution in [0.25, 0.3) is 0 Å². The molecule has 0 aromatic heterocycles. The molecule has 3 nitrogen and oxygen atoms in total. The molecule has 0 aliphatic heterocycles. The highest BCUT2D eigenvalue weighted by atomic mass is 19.1. The summed E-state index contributed by atoms with van der Waals surface area (Å²) in [6, 6.07) is 6.79. The summed E-state index contributed by atoms with van der Waals surface area (Å²) < 4.78 is 24.5. The highest BCUT2D eigenvalue weighted by molar-refractivity contribution is 5.20. The molecule has 19 heavy (non-hydrogen) atoms. The second kappa shape index (κ2) is 9.89. The van der Waals surface area contributed by atoms with Crippen molar-refractivity contribution in [3.8, 4) is 0 Å². The molecule has 0 saturated heterocycles. The van der Waals surface area contributed by atoms with Crippen molar-refractivity contribution in [2.75, 3.05) is 33.4 Å². The first kappa shape index (κ1) is 16.1. The van der Waals surface area contributed by atoms with Gasteiger partial charge in [-0.25, -0.2) is 4.39 Å². The van der Waals surface area contributed by atoms with Crippen LogP contribution in [0.1, 0.15) is 31.4 Å². The van der Waals surface area contributed by atoms with Crippen molar-refractivity contribution in [1.82, 2.24) is 5.32 Å². The Hall–Kier alpha value is -0.970. The maximum Gasteiger partial charge on any atom is 0.129 e. The van der Waals surface area contributed by atoms with Gasteiger partial charge in [0, 0.05) is 32.4 Å². The largest absolute Gasteiger partial charge is 0.385 e. The average molecular weight is 269 g/mol. The summed E-state index contributed by atoms with van der Waals surface area (Å²) >= 11 is 0. The fraction of sp³-hybridized carbons (Fsp3) is 0.600. The van der Waals surface area contributed by atoms with Gasteiger partial charge in [0.25, 0.3) is 0 Å². The molecule has 0 amide bonds. The highest BCUT2D eigenvalue weighted by Crippen LogP contribution is 2.20. The second-order valence-electron chi connectivity index (χ2n) is 4.43. The number of halogens is 1. The molecule has 1 N–H and O–H groups in total. The van der Waals surface area contributed by atoms with Crippen LogP contribution in [-0.2, 0) is 9.47 Å². The third-order valence-electron chi connectivity index (χ3n) is 2.82. The van der Waals surface area contributed by atoms with Crippen molar-refractivity contribution in [3.05, 3.63) is 35.6 Å². The zero-order chi connectivity index (χ0) is 13.9. The third-order valence-corrected chi connectivity index (χ3v) is 2.82. The number of hydrogen-bond donors (Lipinski definition) is 1. The van der Waals surface area contributed by atoms with Crippen LogP contribution in [0, 0.1) is 5.82 Å². The molecular weight excluding hydrogens is 245 g/mol. The van der Waals surface area contributed by atoms with Gasteiger partial charge in [-0.15, -0.1) is 0 Å². The molecule has 0 saturated carbocycles. The molecule has 0 radical (unpaired) electrons. The van der Waals surface area contributed by atoms with Crippen molar-refractivity contribution in [2.45, 2.75) is 25.9 Å². The van der Waals surface area contributed by atoms with Crippen LogP contribution in [0.15, 0.2) is 24.3 Å². The van der Waals surface area contributed by atoms with Gasteiger partial charge in [0.15, 0.2) is 0 Å². The van der Waals surface area contributed by atoms with Gasteiger partial charge in [0.2, 0.25) is 0 Å². The Balaban J connectivity index is 2.55. The molecule has 1 rings (SSSR count). The van der Waals surface area contributed by atoms with Crippen LogP contribution in [0.4, 0.5) is 4.39 Å². The van der Waals surface area contributed by atoms with Gasteiger partial charge in [-0.3, -0.25) is 0 Å². The van der Waals surface area contributed by atoms with E-state index < -0.39 is 0 Å². The lowest BCUT2D eigenvalue weighted by molar-refractivity contribution is 0.0369. The van der Waals surface area contributed by atoms with Crippen LogP contribution in [0.3, 0.4) is 0 Å². The van der Waals surface area contributed by atoms with Crippen molar-refractivity contribution < 1.29 is 13.9 Å². The number of methoxy groups -OCH3 is 1. The van der Waals surface area contributed by atoms with E-state index in [2.05, 4.69) is 12.2 Å². The first-order chi connectivity index (χ1) is 9.29. The maximum atomic E-state index is 13.8. The topological polar surface area (TPSA) is 30.5 Å². The monoisotopic (exact) mass is 269 g/mol. The molecule has 1 atom stereocenters. The van der Waals surface area contributed by atoms with Crippen LogP contribution in [0.2, 0.25) is 0 Å². The summed E-state index contributed by atoms with van der Waals surface area (Å²) in [4.78, 5) is 0. The number of benzene rings is 1. The first-order valence-corrected chi connectivity index (χ1v) is 6.85. The third kappa shape index (κ3) is 6.14. The van der Waals surface area contributed by atoms with Crippen LogP contribution < -0.4 is 5.32 Å². The lowest BCUT2D eigenvalue weighted by Crippen LogP contribution is -2.25. The van der Waals surface area contributed by atoms with Crippen LogP contribution in [-0.4, -0.2) is 33.4 Å². The van der Waals surface area contributed by atoms with E-state index in [4.69, 9.17) is 9.47 Å². The minimum Gasteiger partial charge on any atom is -0.385 e. The van der Waals surface area contributed by atoms with Gasteiger partial charge in [-0.1, -0.05) is 25.1 Å². The fourth-order valence-corrected chi connectivity index (χ4v) is 1.83. The normalized spacial score (nSPS) is 12.6. The van der Waals surface area contributed by atoms with Crippen molar-refractivity contribution in [1.29, 1.82) is 0 Å². The molecule has 4 heteroatoms. The Kier molecular flexibility index (Phi) is 8.38. The summed E-state index contributed by atoms with van der Waals surface area (Å²) in [5, 5.41) is 3.28. The van der Waals surface area contributed by atoms with E-state index in [1.165, 1.54) is 6.07 Å². The molecule has 108 valence electrons. The van der Waals surface area contributed by atoms with Crippen molar-refractivity contribution in [2.24, 2.45) is 0 Å². The van der Waals surface area contributed by atoms with Gasteiger partial charge < -0.3 is 14.8 Å². The summed E-state index contributed by atoms with van der Waals surface area (Å²) in [5.74, 6) is -0.211. The van der Waals surface area contributed by atoms with E-state index in [1.807, 2.05) is 6.07 Å². The van der Waals surface area contributed by atoms with Gasteiger partial charge in [0.1, 0.15) is 5.82 Å². The Morgan fingerprint density at radius 3 is 2.74 bits per heavy atom. The minimum atomic E-state index is -0.246. The van der Waals surface area contributed by atoms with E-state index >= 15 is 0 Å². The number of ether oxygens (including phenoxy) is 2. The molecule has 0 heterocycles. The van der Waals surface area contributed by atoms with E-state index in [0.29, 0.717) is 25.3 Å². The maximum absolute atomic E-state index is 13.8. The number of rotatable bonds is 10. The smallest absolute Gasteiger partial charge is 0.129 e. The van der Waals surface area contributed by atoms with E-state index in [1.54, 1.807) is 19.2 Å². The predicted octanol–water partition coefficient (Wildman–Crippen LogP) is 2.92. The van der Waals surface area contributed by atoms with Crippen molar-refractivity contribution >= 4 is 0 Å². The fourth-order valence-electron chi connectivity index (χ4n) is 1.83. The van der Waals surface area contributed by atoms with Gasteiger partial charge >= 0.3 is 0 Å². The van der Waals surface area contributed by atoms with Crippen LogP contribution >= 0.6 is 0 Å². The molecular formula is C15H24FNO2. The van der Waals surface area contributed by atoms with E-state index in [-0.39, 0.29) is 11.9 Å². The molecule has 0 aliphatic rings. The molecule has 1 unspecified atom stereocenters. The lowest BCUT2D eigenvalue weighted by Gasteiger charge is -2.19. The highest BCUT2D eigenvalue weighted by Gasteiger charge is 2.15. The first-order valence-electron chi connectivity index (χ1n) is 6.85. The minimum absolute atomic E-state index is 0.211. The average Bonchev–Trinajstić information content (AvgIpc) is 2.42.